The van der Waals surface area contributed by atoms with Crippen LogP contribution in [0.4, 0.5) is 0 Å². The van der Waals surface area contributed by atoms with E-state index in [1.165, 1.54) is 5.56 Å². The van der Waals surface area contributed by atoms with Crippen molar-refractivity contribution in [1.82, 2.24) is 5.32 Å². The molecule has 2 aromatic rings. The van der Waals surface area contributed by atoms with Gasteiger partial charge in [0.15, 0.2) is 17.6 Å². The highest BCUT2D eigenvalue weighted by atomic mass is 16.5. The summed E-state index contributed by atoms with van der Waals surface area (Å²) in [6.07, 6.45) is 2.71. The average molecular weight is 386 g/mol. The fourth-order valence-electron chi connectivity index (χ4n) is 2.86. The van der Waals surface area contributed by atoms with Crippen molar-refractivity contribution < 1.29 is 19.0 Å². The van der Waals surface area contributed by atoms with Gasteiger partial charge in [-0.3, -0.25) is 4.79 Å². The van der Waals surface area contributed by atoms with Crippen molar-refractivity contribution in [3.63, 3.8) is 0 Å². The van der Waals surface area contributed by atoms with Crippen LogP contribution in [0, 0.1) is 0 Å². The van der Waals surface area contributed by atoms with Crippen LogP contribution in [0.3, 0.4) is 0 Å². The molecule has 0 unspecified atom stereocenters. The molecule has 0 radical (unpaired) electrons. The number of ether oxygens (including phenoxy) is 3. The number of para-hydroxylation sites is 3. The summed E-state index contributed by atoms with van der Waals surface area (Å²) in [6.45, 7) is 5.33. The largest absolute Gasteiger partial charge is 0.493 e. The van der Waals surface area contributed by atoms with Crippen LogP contribution < -0.4 is 19.5 Å². The molecule has 0 aliphatic carbocycles. The summed E-state index contributed by atoms with van der Waals surface area (Å²) in [7, 11) is 1.59. The van der Waals surface area contributed by atoms with Crippen molar-refractivity contribution in [1.29, 1.82) is 0 Å². The van der Waals surface area contributed by atoms with E-state index in [0.29, 0.717) is 31.1 Å². The number of carbonyl (C=O) groups is 1. The molecule has 28 heavy (non-hydrogen) atoms. The molecule has 5 heteroatoms. The predicted molar refractivity (Wildman–Crippen MR) is 111 cm³/mol. The molecule has 0 saturated carbocycles. The molecule has 0 fully saturated rings. The van der Waals surface area contributed by atoms with Gasteiger partial charge in [-0.1, -0.05) is 44.2 Å². The standard InChI is InChI=1S/C23H31NO4/c1-4-17-27-20-13-7-6-11-18(20)12-10-16-24-23(25)19(5-2)28-22-15-9-8-14-21(22)26-3/h6-9,11,13-15,19H,4-5,10,12,16-17H2,1-3H3,(H,24,25)/t19-/m1/s1. The van der Waals surface area contributed by atoms with E-state index < -0.39 is 6.10 Å². The second kappa shape index (κ2) is 11.9. The lowest BCUT2D eigenvalue weighted by molar-refractivity contribution is -0.128. The first kappa shape index (κ1) is 21.6. The van der Waals surface area contributed by atoms with Crippen molar-refractivity contribution in [2.24, 2.45) is 0 Å². The zero-order valence-corrected chi connectivity index (χ0v) is 17.1. The minimum absolute atomic E-state index is 0.107. The molecule has 1 amide bonds. The molecule has 0 aromatic heterocycles. The third-order valence-electron chi connectivity index (χ3n) is 4.36. The maximum absolute atomic E-state index is 12.5. The van der Waals surface area contributed by atoms with Crippen LogP contribution in [0.1, 0.15) is 38.7 Å². The van der Waals surface area contributed by atoms with Gasteiger partial charge >= 0.3 is 0 Å². The first-order valence-corrected chi connectivity index (χ1v) is 9.97. The lowest BCUT2D eigenvalue weighted by Crippen LogP contribution is -2.38. The van der Waals surface area contributed by atoms with Gasteiger partial charge in [-0.2, -0.15) is 0 Å². The summed E-state index contributed by atoms with van der Waals surface area (Å²) in [5.41, 5.74) is 1.17. The van der Waals surface area contributed by atoms with Gasteiger partial charge in [0.1, 0.15) is 5.75 Å². The molecule has 0 bridgehead atoms. The number of amides is 1. The molecule has 0 spiro atoms. The Morgan fingerprint density at radius 1 is 1.00 bits per heavy atom. The molecule has 0 aliphatic rings. The van der Waals surface area contributed by atoms with Gasteiger partial charge in [-0.25, -0.2) is 0 Å². The molecule has 1 N–H and O–H groups in total. The quantitative estimate of drug-likeness (QED) is 0.551. The number of aryl methyl sites for hydroxylation is 1. The highest BCUT2D eigenvalue weighted by Crippen LogP contribution is 2.27. The molecular formula is C23H31NO4. The van der Waals surface area contributed by atoms with Crippen LogP contribution >= 0.6 is 0 Å². The lowest BCUT2D eigenvalue weighted by atomic mass is 10.1. The van der Waals surface area contributed by atoms with Crippen molar-refractivity contribution in [3.05, 3.63) is 54.1 Å². The van der Waals surface area contributed by atoms with Gasteiger partial charge in [-0.05, 0) is 49.4 Å². The first-order valence-electron chi connectivity index (χ1n) is 9.97. The zero-order chi connectivity index (χ0) is 20.2. The molecule has 2 aromatic carbocycles. The number of hydrogen-bond acceptors (Lipinski definition) is 4. The zero-order valence-electron chi connectivity index (χ0n) is 17.1. The van der Waals surface area contributed by atoms with Crippen LogP contribution in [0.15, 0.2) is 48.5 Å². The highest BCUT2D eigenvalue weighted by molar-refractivity contribution is 5.81. The SMILES string of the molecule is CCCOc1ccccc1CCCNC(=O)[C@@H](CC)Oc1ccccc1OC. The molecule has 0 aliphatic heterocycles. The van der Waals surface area contributed by atoms with Crippen molar-refractivity contribution >= 4 is 5.91 Å². The van der Waals surface area contributed by atoms with Gasteiger partial charge in [-0.15, -0.1) is 0 Å². The minimum Gasteiger partial charge on any atom is -0.493 e. The van der Waals surface area contributed by atoms with E-state index in [1.807, 2.05) is 49.4 Å². The summed E-state index contributed by atoms with van der Waals surface area (Å²) in [6, 6.07) is 15.4. The summed E-state index contributed by atoms with van der Waals surface area (Å²) in [5.74, 6) is 2.02. The fraction of sp³-hybridized carbons (Fsp3) is 0.435. The highest BCUT2D eigenvalue weighted by Gasteiger charge is 2.19. The second-order valence-corrected chi connectivity index (χ2v) is 6.52. The van der Waals surface area contributed by atoms with Gasteiger partial charge in [0, 0.05) is 6.54 Å². The van der Waals surface area contributed by atoms with Crippen LogP contribution in [-0.4, -0.2) is 32.3 Å². The molecule has 2 rings (SSSR count). The van der Waals surface area contributed by atoms with E-state index in [4.69, 9.17) is 14.2 Å². The van der Waals surface area contributed by atoms with Crippen molar-refractivity contribution in [2.45, 2.75) is 45.6 Å². The number of rotatable bonds is 12. The third-order valence-corrected chi connectivity index (χ3v) is 4.36. The Bertz CT molecular complexity index is 732. The van der Waals surface area contributed by atoms with Gasteiger partial charge in [0.2, 0.25) is 0 Å². The van der Waals surface area contributed by atoms with Crippen molar-refractivity contribution in [2.75, 3.05) is 20.3 Å². The second-order valence-electron chi connectivity index (χ2n) is 6.52. The predicted octanol–water partition coefficient (Wildman–Crippen LogP) is 4.39. The number of benzene rings is 2. The van der Waals surface area contributed by atoms with Crippen LogP contribution in [0.5, 0.6) is 17.2 Å². The Hall–Kier alpha value is -2.69. The molecule has 0 heterocycles. The van der Waals surface area contributed by atoms with Crippen LogP contribution in [0.25, 0.3) is 0 Å². The number of carbonyl (C=O) groups excluding carboxylic acids is 1. The Morgan fingerprint density at radius 2 is 1.68 bits per heavy atom. The van der Waals surface area contributed by atoms with Gasteiger partial charge < -0.3 is 19.5 Å². The molecule has 152 valence electrons. The minimum atomic E-state index is -0.545. The topological polar surface area (TPSA) is 56.8 Å². The lowest BCUT2D eigenvalue weighted by Gasteiger charge is -2.19. The third kappa shape index (κ3) is 6.48. The first-order chi connectivity index (χ1) is 13.7. The summed E-state index contributed by atoms with van der Waals surface area (Å²) < 4.78 is 16.9. The van der Waals surface area contributed by atoms with E-state index in [9.17, 15) is 4.79 Å². The smallest absolute Gasteiger partial charge is 0.261 e. The van der Waals surface area contributed by atoms with Crippen LogP contribution in [0.2, 0.25) is 0 Å². The Labute approximate surface area is 168 Å². The fourth-order valence-corrected chi connectivity index (χ4v) is 2.86. The van der Waals surface area contributed by atoms with E-state index in [-0.39, 0.29) is 5.91 Å². The number of methoxy groups -OCH3 is 1. The van der Waals surface area contributed by atoms with Gasteiger partial charge in [0.05, 0.1) is 13.7 Å². The maximum atomic E-state index is 12.5. The van der Waals surface area contributed by atoms with E-state index in [0.717, 1.165) is 25.0 Å². The van der Waals surface area contributed by atoms with Gasteiger partial charge in [0.25, 0.3) is 5.91 Å². The normalized spacial score (nSPS) is 11.5. The van der Waals surface area contributed by atoms with E-state index in [2.05, 4.69) is 18.3 Å². The molecule has 0 saturated heterocycles. The van der Waals surface area contributed by atoms with E-state index >= 15 is 0 Å². The molecule has 1 atom stereocenters. The Balaban J connectivity index is 1.82. The Kier molecular flexibility index (Phi) is 9.19. The Morgan fingerprint density at radius 3 is 2.36 bits per heavy atom. The number of hydrogen-bond donors (Lipinski definition) is 1. The maximum Gasteiger partial charge on any atom is 0.261 e. The molecule has 5 nitrogen and oxygen atoms in total. The van der Waals surface area contributed by atoms with Crippen LogP contribution in [-0.2, 0) is 11.2 Å². The average Bonchev–Trinajstić information content (AvgIpc) is 2.74. The van der Waals surface area contributed by atoms with Crippen molar-refractivity contribution in [3.8, 4) is 17.2 Å². The summed E-state index contributed by atoms with van der Waals surface area (Å²) in [5, 5.41) is 2.98. The molecular weight excluding hydrogens is 354 g/mol. The summed E-state index contributed by atoms with van der Waals surface area (Å²) in [4.78, 5) is 12.5. The monoisotopic (exact) mass is 385 g/mol. The number of nitrogens with one attached hydrogen (secondary N) is 1. The van der Waals surface area contributed by atoms with E-state index in [1.54, 1.807) is 7.11 Å². The summed E-state index contributed by atoms with van der Waals surface area (Å²) >= 11 is 0.